The minimum absolute atomic E-state index is 0.162. The highest BCUT2D eigenvalue weighted by Gasteiger charge is 2.64. The van der Waals surface area contributed by atoms with Gasteiger partial charge >= 0.3 is 0 Å². The van der Waals surface area contributed by atoms with E-state index < -0.39 is 11.5 Å². The van der Waals surface area contributed by atoms with Crippen LogP contribution in [0.2, 0.25) is 0 Å². The first kappa shape index (κ1) is 22.5. The SMILES string of the molecule is CC(C)CCC[C@@H](C)[C@H]1CC[C@H]2[C@@H]3CC(=O)C4C[C@@H](O)CC(=O)[C@]4(C)[C@H]3CC[C@]12C. The first-order valence-corrected chi connectivity index (χ1v) is 12.8. The molecule has 4 fully saturated rings. The Morgan fingerprint density at radius 3 is 2.43 bits per heavy atom. The second kappa shape index (κ2) is 8.01. The fourth-order valence-electron chi connectivity index (χ4n) is 8.88. The summed E-state index contributed by atoms with van der Waals surface area (Å²) in [5, 5.41) is 10.2. The lowest BCUT2D eigenvalue weighted by molar-refractivity contribution is -0.171. The quantitative estimate of drug-likeness (QED) is 0.614. The molecule has 4 rings (SSSR count). The standard InChI is InChI=1S/C27H44O3/c1-16(2)7-6-8-17(3)20-9-10-21-19-15-24(29)23-13-18(28)14-25(30)27(23,5)22(19)11-12-26(20,21)4/h16-23,28H,6-15H2,1-5H3/t17-,18-,19+,20-,21+,22+,23?,26-,27-/m1/s1. The molecule has 170 valence electrons. The van der Waals surface area contributed by atoms with E-state index in [2.05, 4.69) is 34.6 Å². The van der Waals surface area contributed by atoms with Crippen LogP contribution in [0.4, 0.5) is 0 Å². The molecule has 1 unspecified atom stereocenters. The van der Waals surface area contributed by atoms with Crippen molar-refractivity contribution >= 4 is 11.6 Å². The molecule has 4 aliphatic rings. The Kier molecular flexibility index (Phi) is 6.01. The van der Waals surface area contributed by atoms with E-state index in [0.29, 0.717) is 36.0 Å². The zero-order valence-electron chi connectivity index (χ0n) is 20.0. The molecule has 4 saturated carbocycles. The Morgan fingerprint density at radius 2 is 1.73 bits per heavy atom. The number of ketones is 2. The van der Waals surface area contributed by atoms with Gasteiger partial charge in [-0.2, -0.15) is 0 Å². The van der Waals surface area contributed by atoms with Gasteiger partial charge in [-0.3, -0.25) is 9.59 Å². The lowest BCUT2D eigenvalue weighted by Gasteiger charge is -2.59. The summed E-state index contributed by atoms with van der Waals surface area (Å²) in [4.78, 5) is 26.4. The van der Waals surface area contributed by atoms with E-state index in [9.17, 15) is 14.7 Å². The molecule has 0 aromatic rings. The summed E-state index contributed by atoms with van der Waals surface area (Å²) in [7, 11) is 0. The van der Waals surface area contributed by atoms with Gasteiger partial charge in [0.15, 0.2) is 0 Å². The Bertz CT molecular complexity index is 684. The van der Waals surface area contributed by atoms with E-state index in [-0.39, 0.29) is 23.9 Å². The molecule has 0 radical (unpaired) electrons. The van der Waals surface area contributed by atoms with E-state index in [4.69, 9.17) is 0 Å². The van der Waals surface area contributed by atoms with Gasteiger partial charge in [0.25, 0.3) is 0 Å². The Labute approximate surface area is 183 Å². The summed E-state index contributed by atoms with van der Waals surface area (Å²) < 4.78 is 0. The number of hydrogen-bond acceptors (Lipinski definition) is 3. The summed E-state index contributed by atoms with van der Waals surface area (Å²) in [6, 6.07) is 0. The Morgan fingerprint density at radius 1 is 1.00 bits per heavy atom. The molecule has 3 nitrogen and oxygen atoms in total. The van der Waals surface area contributed by atoms with Gasteiger partial charge in [-0.25, -0.2) is 0 Å². The lowest BCUT2D eigenvalue weighted by atomic mass is 9.43. The number of rotatable bonds is 5. The number of Topliss-reactive ketones (excluding diaryl/α,β-unsaturated/α-hetero) is 2. The molecule has 0 aromatic heterocycles. The van der Waals surface area contributed by atoms with Crippen molar-refractivity contribution in [1.82, 2.24) is 0 Å². The van der Waals surface area contributed by atoms with Gasteiger partial charge in [0.1, 0.15) is 11.6 Å². The first-order valence-electron chi connectivity index (χ1n) is 12.8. The van der Waals surface area contributed by atoms with Crippen LogP contribution in [-0.2, 0) is 9.59 Å². The molecule has 0 aromatic carbocycles. The number of aliphatic hydroxyl groups excluding tert-OH is 1. The van der Waals surface area contributed by atoms with Crippen LogP contribution < -0.4 is 0 Å². The molecule has 1 N–H and O–H groups in total. The van der Waals surface area contributed by atoms with E-state index >= 15 is 0 Å². The third kappa shape index (κ3) is 3.42. The maximum atomic E-state index is 13.2. The molecule has 0 heterocycles. The first-order chi connectivity index (χ1) is 14.1. The van der Waals surface area contributed by atoms with Crippen molar-refractivity contribution < 1.29 is 14.7 Å². The summed E-state index contributed by atoms with van der Waals surface area (Å²) >= 11 is 0. The molecule has 0 saturated heterocycles. The predicted octanol–water partition coefficient (Wildman–Crippen LogP) is 5.83. The zero-order chi connectivity index (χ0) is 21.8. The maximum absolute atomic E-state index is 13.2. The van der Waals surface area contributed by atoms with Crippen LogP contribution in [0.1, 0.15) is 98.8 Å². The van der Waals surface area contributed by atoms with E-state index in [1.54, 1.807) is 0 Å². The highest BCUT2D eigenvalue weighted by atomic mass is 16.3. The maximum Gasteiger partial charge on any atom is 0.142 e. The lowest BCUT2D eigenvalue weighted by Crippen LogP contribution is -2.60. The fraction of sp³-hybridized carbons (Fsp3) is 0.926. The summed E-state index contributed by atoms with van der Waals surface area (Å²) in [5.74, 6) is 3.80. The van der Waals surface area contributed by atoms with Crippen molar-refractivity contribution in [1.29, 1.82) is 0 Å². The Hall–Kier alpha value is -0.700. The molecule has 0 amide bonds. The number of aliphatic hydroxyl groups is 1. The summed E-state index contributed by atoms with van der Waals surface area (Å²) in [6.07, 6.45) is 9.61. The van der Waals surface area contributed by atoms with E-state index in [1.165, 1.54) is 38.5 Å². The van der Waals surface area contributed by atoms with Crippen molar-refractivity contribution in [2.24, 2.45) is 52.3 Å². The van der Waals surface area contributed by atoms with Gasteiger partial charge in [0.2, 0.25) is 0 Å². The van der Waals surface area contributed by atoms with Gasteiger partial charge in [0.05, 0.1) is 6.10 Å². The van der Waals surface area contributed by atoms with Crippen LogP contribution in [0.5, 0.6) is 0 Å². The molecular weight excluding hydrogens is 372 g/mol. The van der Waals surface area contributed by atoms with Crippen molar-refractivity contribution in [3.05, 3.63) is 0 Å². The monoisotopic (exact) mass is 416 g/mol. The van der Waals surface area contributed by atoms with E-state index in [0.717, 1.165) is 24.2 Å². The topological polar surface area (TPSA) is 54.4 Å². The average Bonchev–Trinajstić information content (AvgIpc) is 3.01. The third-order valence-corrected chi connectivity index (χ3v) is 10.5. The molecule has 0 bridgehead atoms. The fourth-order valence-corrected chi connectivity index (χ4v) is 8.88. The molecule has 0 spiro atoms. The highest BCUT2D eigenvalue weighted by Crippen LogP contribution is 2.67. The molecule has 30 heavy (non-hydrogen) atoms. The van der Waals surface area contributed by atoms with Gasteiger partial charge in [-0.1, -0.05) is 53.9 Å². The van der Waals surface area contributed by atoms with Gasteiger partial charge in [-0.15, -0.1) is 0 Å². The predicted molar refractivity (Wildman–Crippen MR) is 120 cm³/mol. The van der Waals surface area contributed by atoms with Gasteiger partial charge in [0, 0.05) is 24.2 Å². The number of carbonyl (C=O) groups excluding carboxylic acids is 2. The molecule has 9 atom stereocenters. The smallest absolute Gasteiger partial charge is 0.142 e. The summed E-state index contributed by atoms with van der Waals surface area (Å²) in [6.45, 7) is 11.7. The molecular formula is C27H44O3. The van der Waals surface area contributed by atoms with Crippen LogP contribution >= 0.6 is 0 Å². The van der Waals surface area contributed by atoms with E-state index in [1.807, 2.05) is 0 Å². The van der Waals surface area contributed by atoms with Crippen molar-refractivity contribution in [2.45, 2.75) is 105 Å². The largest absolute Gasteiger partial charge is 0.393 e. The van der Waals surface area contributed by atoms with Crippen molar-refractivity contribution in [3.8, 4) is 0 Å². The zero-order valence-corrected chi connectivity index (χ0v) is 20.0. The van der Waals surface area contributed by atoms with Crippen molar-refractivity contribution in [2.75, 3.05) is 0 Å². The van der Waals surface area contributed by atoms with Crippen LogP contribution in [0.3, 0.4) is 0 Å². The molecule has 3 heteroatoms. The minimum atomic E-state index is -0.618. The second-order valence-corrected chi connectivity index (χ2v) is 12.4. The number of fused-ring (bicyclic) bond motifs is 5. The number of hydrogen-bond donors (Lipinski definition) is 1. The van der Waals surface area contributed by atoms with Crippen LogP contribution in [0.15, 0.2) is 0 Å². The van der Waals surface area contributed by atoms with Gasteiger partial charge in [-0.05, 0) is 73.0 Å². The average molecular weight is 417 g/mol. The van der Waals surface area contributed by atoms with Crippen molar-refractivity contribution in [3.63, 3.8) is 0 Å². The normalized spacial score (nSPS) is 47.0. The minimum Gasteiger partial charge on any atom is -0.393 e. The van der Waals surface area contributed by atoms with Gasteiger partial charge < -0.3 is 5.11 Å². The van der Waals surface area contributed by atoms with Crippen LogP contribution in [-0.4, -0.2) is 22.8 Å². The number of carbonyl (C=O) groups is 2. The third-order valence-electron chi connectivity index (χ3n) is 10.5. The van der Waals surface area contributed by atoms with Crippen LogP contribution in [0, 0.1) is 52.3 Å². The molecule has 4 aliphatic carbocycles. The highest BCUT2D eigenvalue weighted by molar-refractivity contribution is 5.95. The molecule has 0 aliphatic heterocycles. The Balaban J connectivity index is 1.54. The second-order valence-electron chi connectivity index (χ2n) is 12.4. The van der Waals surface area contributed by atoms with Crippen LogP contribution in [0.25, 0.3) is 0 Å². The summed E-state index contributed by atoms with van der Waals surface area (Å²) in [5.41, 5.74) is -0.194.